The minimum atomic E-state index is 0.831. The van der Waals surface area contributed by atoms with Crippen LogP contribution in [-0.2, 0) is 0 Å². The van der Waals surface area contributed by atoms with E-state index in [2.05, 4.69) is 41.5 Å². The lowest BCUT2D eigenvalue weighted by Crippen LogP contribution is -2.18. The van der Waals surface area contributed by atoms with Crippen molar-refractivity contribution in [2.45, 2.75) is 83.1 Å². The Hall–Kier alpha value is 0. The molecule has 0 rings (SSSR count). The Bertz CT molecular complexity index is 70.0. The van der Waals surface area contributed by atoms with E-state index in [1.807, 2.05) is 41.5 Å². The van der Waals surface area contributed by atoms with Crippen LogP contribution in [0.2, 0.25) is 0 Å². The standard InChI is InChI=1S/C10H22.3C2H6/c1-7(2)9(5)10(6)8(3)4;3*1-2/h7-10H,1-6H3;3*1-2H3. The average Bonchev–Trinajstić information content (AvgIpc) is 2.34. The summed E-state index contributed by atoms with van der Waals surface area (Å²) in [5, 5.41) is 0. The fourth-order valence-electron chi connectivity index (χ4n) is 1.21. The number of hydrogen-bond donors (Lipinski definition) is 0. The second kappa shape index (κ2) is 20.4. The third-order valence-corrected chi connectivity index (χ3v) is 2.93. The van der Waals surface area contributed by atoms with Gasteiger partial charge in [0.2, 0.25) is 0 Å². The van der Waals surface area contributed by atoms with Crippen LogP contribution in [0.5, 0.6) is 0 Å². The summed E-state index contributed by atoms with van der Waals surface area (Å²) in [6.07, 6.45) is 0. The first-order valence-corrected chi connectivity index (χ1v) is 7.46. The van der Waals surface area contributed by atoms with Gasteiger partial charge in [-0.1, -0.05) is 83.1 Å². The summed E-state index contributed by atoms with van der Waals surface area (Å²) < 4.78 is 0. The average molecular weight is 232 g/mol. The first kappa shape index (κ1) is 25.0. The Balaban J connectivity index is -0.000000103. The van der Waals surface area contributed by atoms with Gasteiger partial charge >= 0.3 is 0 Å². The van der Waals surface area contributed by atoms with Gasteiger partial charge in [0.1, 0.15) is 0 Å². The van der Waals surface area contributed by atoms with Crippen molar-refractivity contribution in [3.05, 3.63) is 0 Å². The van der Waals surface area contributed by atoms with Gasteiger partial charge in [0, 0.05) is 0 Å². The van der Waals surface area contributed by atoms with Crippen LogP contribution in [-0.4, -0.2) is 0 Å². The van der Waals surface area contributed by atoms with E-state index in [4.69, 9.17) is 0 Å². The van der Waals surface area contributed by atoms with Gasteiger partial charge in [0.05, 0.1) is 0 Å². The third-order valence-electron chi connectivity index (χ3n) is 2.93. The molecule has 2 unspecified atom stereocenters. The van der Waals surface area contributed by atoms with Crippen molar-refractivity contribution in [2.24, 2.45) is 23.7 Å². The molecule has 0 aromatic rings. The van der Waals surface area contributed by atoms with Crippen LogP contribution in [0.4, 0.5) is 0 Å². The van der Waals surface area contributed by atoms with E-state index in [9.17, 15) is 0 Å². The molecule has 0 bridgehead atoms. The fourth-order valence-corrected chi connectivity index (χ4v) is 1.21. The Labute approximate surface area is 107 Å². The van der Waals surface area contributed by atoms with Crippen LogP contribution in [0.1, 0.15) is 83.1 Å². The summed E-state index contributed by atoms with van der Waals surface area (Å²) >= 11 is 0. The van der Waals surface area contributed by atoms with Gasteiger partial charge in [-0.15, -0.1) is 0 Å². The maximum absolute atomic E-state index is 2.36. The SMILES string of the molecule is CC.CC.CC.CC(C)C(C)C(C)C(C)C. The lowest BCUT2D eigenvalue weighted by molar-refractivity contribution is 0.235. The molecule has 16 heavy (non-hydrogen) atoms. The molecule has 0 N–H and O–H groups in total. The van der Waals surface area contributed by atoms with Gasteiger partial charge in [-0.2, -0.15) is 0 Å². The molecule has 0 heteroatoms. The molecule has 0 fully saturated rings. The van der Waals surface area contributed by atoms with Gasteiger partial charge in [-0.05, 0) is 23.7 Å². The molecule has 0 aliphatic rings. The van der Waals surface area contributed by atoms with Gasteiger partial charge < -0.3 is 0 Å². The van der Waals surface area contributed by atoms with Crippen LogP contribution in [0.15, 0.2) is 0 Å². The summed E-state index contributed by atoms with van der Waals surface area (Å²) in [6, 6.07) is 0. The third kappa shape index (κ3) is 16.4. The van der Waals surface area contributed by atoms with Crippen LogP contribution < -0.4 is 0 Å². The summed E-state index contributed by atoms with van der Waals surface area (Å²) in [4.78, 5) is 0. The maximum atomic E-state index is 2.36. The van der Waals surface area contributed by atoms with Crippen molar-refractivity contribution in [3.63, 3.8) is 0 Å². The molecule has 0 aromatic carbocycles. The van der Waals surface area contributed by atoms with Crippen molar-refractivity contribution in [1.82, 2.24) is 0 Å². The van der Waals surface area contributed by atoms with Crippen molar-refractivity contribution < 1.29 is 0 Å². The van der Waals surface area contributed by atoms with E-state index in [1.54, 1.807) is 0 Å². The van der Waals surface area contributed by atoms with Crippen LogP contribution in [0.3, 0.4) is 0 Å². The van der Waals surface area contributed by atoms with E-state index in [0.29, 0.717) is 0 Å². The predicted molar refractivity (Wildman–Crippen MR) is 82.0 cm³/mol. The van der Waals surface area contributed by atoms with Crippen molar-refractivity contribution in [3.8, 4) is 0 Å². The first-order valence-electron chi connectivity index (χ1n) is 7.46. The molecule has 0 aromatic heterocycles. The molecule has 2 atom stereocenters. The zero-order valence-corrected chi connectivity index (χ0v) is 14.3. The van der Waals surface area contributed by atoms with E-state index in [0.717, 1.165) is 23.7 Å². The summed E-state index contributed by atoms with van der Waals surface area (Å²) in [6.45, 7) is 25.9. The second-order valence-corrected chi connectivity index (χ2v) is 4.21. The lowest BCUT2D eigenvalue weighted by Gasteiger charge is -2.26. The minimum absolute atomic E-state index is 0.831. The molecular formula is C16H40. The van der Waals surface area contributed by atoms with Gasteiger partial charge in [0.15, 0.2) is 0 Å². The molecule has 0 heterocycles. The summed E-state index contributed by atoms with van der Waals surface area (Å²) in [5.41, 5.74) is 0. The normalized spacial score (nSPS) is 12.4. The molecule has 0 radical (unpaired) electrons. The van der Waals surface area contributed by atoms with Gasteiger partial charge in [0.25, 0.3) is 0 Å². The zero-order valence-electron chi connectivity index (χ0n) is 14.3. The predicted octanol–water partition coefficient (Wildman–Crippen LogP) is 6.65. The van der Waals surface area contributed by atoms with Crippen molar-refractivity contribution >= 4 is 0 Å². The number of hydrogen-bond acceptors (Lipinski definition) is 0. The van der Waals surface area contributed by atoms with E-state index >= 15 is 0 Å². The second-order valence-electron chi connectivity index (χ2n) is 4.21. The smallest absolute Gasteiger partial charge is 0.0391 e. The molecule has 0 nitrogen and oxygen atoms in total. The molecule has 0 aliphatic carbocycles. The Morgan fingerprint density at radius 2 is 0.500 bits per heavy atom. The summed E-state index contributed by atoms with van der Waals surface area (Å²) in [5.74, 6) is 3.38. The Kier molecular flexibility index (Phi) is 31.9. The molecular weight excluding hydrogens is 192 g/mol. The topological polar surface area (TPSA) is 0 Å². The van der Waals surface area contributed by atoms with Crippen molar-refractivity contribution in [1.29, 1.82) is 0 Å². The van der Waals surface area contributed by atoms with E-state index < -0.39 is 0 Å². The highest BCUT2D eigenvalue weighted by Gasteiger charge is 2.17. The molecule has 0 spiro atoms. The summed E-state index contributed by atoms with van der Waals surface area (Å²) in [7, 11) is 0. The lowest BCUT2D eigenvalue weighted by atomic mass is 9.80. The largest absolute Gasteiger partial charge is 0.0683 e. The monoisotopic (exact) mass is 232 g/mol. The van der Waals surface area contributed by atoms with Gasteiger partial charge in [-0.3, -0.25) is 0 Å². The highest BCUT2D eigenvalue weighted by molar-refractivity contribution is 4.67. The fraction of sp³-hybridized carbons (Fsp3) is 1.00. The quantitative estimate of drug-likeness (QED) is 0.511. The van der Waals surface area contributed by atoms with Gasteiger partial charge in [-0.25, -0.2) is 0 Å². The molecule has 0 saturated heterocycles. The van der Waals surface area contributed by atoms with E-state index in [1.165, 1.54) is 0 Å². The van der Waals surface area contributed by atoms with Crippen LogP contribution >= 0.6 is 0 Å². The Morgan fingerprint density at radius 1 is 0.375 bits per heavy atom. The molecule has 0 aliphatic heterocycles. The van der Waals surface area contributed by atoms with Crippen LogP contribution in [0, 0.1) is 23.7 Å². The maximum Gasteiger partial charge on any atom is -0.0391 e. The minimum Gasteiger partial charge on any atom is -0.0683 e. The molecule has 0 saturated carbocycles. The highest BCUT2D eigenvalue weighted by atomic mass is 14.2. The molecule has 104 valence electrons. The van der Waals surface area contributed by atoms with Crippen molar-refractivity contribution in [2.75, 3.05) is 0 Å². The Morgan fingerprint density at radius 3 is 0.562 bits per heavy atom. The zero-order chi connectivity index (χ0) is 14.3. The first-order chi connectivity index (χ1) is 7.46. The molecule has 0 amide bonds. The van der Waals surface area contributed by atoms with Crippen LogP contribution in [0.25, 0.3) is 0 Å². The highest BCUT2D eigenvalue weighted by Crippen LogP contribution is 2.25. The number of rotatable bonds is 3. The van der Waals surface area contributed by atoms with E-state index in [-0.39, 0.29) is 0 Å².